The summed E-state index contributed by atoms with van der Waals surface area (Å²) < 4.78 is 36.8. The number of carbonyl (C=O) groups excluding carboxylic acids is 1. The van der Waals surface area contributed by atoms with Crippen molar-refractivity contribution in [2.75, 3.05) is 0 Å². The van der Waals surface area contributed by atoms with Gasteiger partial charge in [-0.15, -0.1) is 0 Å². The smallest absolute Gasteiger partial charge is 0.471 e. The van der Waals surface area contributed by atoms with Crippen molar-refractivity contribution in [3.8, 4) is 0 Å². The molecule has 16 heavy (non-hydrogen) atoms. The molecule has 1 rings (SSSR count). The molecular formula is C9H12F3NO3. The van der Waals surface area contributed by atoms with Crippen LogP contribution < -0.4 is 0 Å². The normalized spacial score (nSPS) is 26.6. The maximum Gasteiger partial charge on any atom is 0.471 e. The zero-order valence-electron chi connectivity index (χ0n) is 8.62. The molecule has 0 spiro atoms. The molecule has 92 valence electrons. The fraction of sp³-hybridized carbons (Fsp3) is 0.778. The molecular weight excluding hydrogens is 227 g/mol. The number of hydrogen-bond donors (Lipinski definition) is 1. The lowest BCUT2D eigenvalue weighted by atomic mass is 9.96. The standard InChI is InChI=1S/C9H12F3NO3/c1-5-3-2-4-6(7(14)15)13(5)8(16)9(10,11)12/h5-6H,2-4H2,1H3,(H,14,15)/t5-,6-/m1/s1. The Morgan fingerprint density at radius 3 is 2.31 bits per heavy atom. The molecule has 0 unspecified atom stereocenters. The minimum Gasteiger partial charge on any atom is -0.480 e. The number of halogens is 3. The number of nitrogens with zero attached hydrogens (tertiary/aromatic N) is 1. The second kappa shape index (κ2) is 4.31. The highest BCUT2D eigenvalue weighted by Crippen LogP contribution is 2.28. The number of carbonyl (C=O) groups is 2. The molecule has 0 saturated carbocycles. The van der Waals surface area contributed by atoms with E-state index < -0.39 is 30.1 Å². The molecule has 1 saturated heterocycles. The first-order valence-electron chi connectivity index (χ1n) is 4.87. The zero-order chi connectivity index (χ0) is 12.5. The van der Waals surface area contributed by atoms with Gasteiger partial charge in [0.1, 0.15) is 6.04 Å². The summed E-state index contributed by atoms with van der Waals surface area (Å²) in [5.41, 5.74) is 0. The van der Waals surface area contributed by atoms with Gasteiger partial charge in [0.2, 0.25) is 0 Å². The molecule has 1 aliphatic heterocycles. The lowest BCUT2D eigenvalue weighted by molar-refractivity contribution is -0.194. The topological polar surface area (TPSA) is 57.6 Å². The second-order valence-electron chi connectivity index (χ2n) is 3.84. The maximum absolute atomic E-state index is 12.3. The van der Waals surface area contributed by atoms with Crippen LogP contribution >= 0.6 is 0 Å². The first kappa shape index (κ1) is 12.8. The number of alkyl halides is 3. The lowest BCUT2D eigenvalue weighted by Gasteiger charge is -2.38. The number of carboxylic acids is 1. The summed E-state index contributed by atoms with van der Waals surface area (Å²) in [7, 11) is 0. The third-order valence-corrected chi connectivity index (χ3v) is 2.67. The first-order valence-corrected chi connectivity index (χ1v) is 4.87. The quantitative estimate of drug-likeness (QED) is 0.752. The van der Waals surface area contributed by atoms with Gasteiger partial charge in [-0.3, -0.25) is 4.79 Å². The van der Waals surface area contributed by atoms with E-state index in [9.17, 15) is 22.8 Å². The summed E-state index contributed by atoms with van der Waals surface area (Å²) in [4.78, 5) is 22.3. The molecule has 0 radical (unpaired) electrons. The van der Waals surface area contributed by atoms with Crippen molar-refractivity contribution in [3.05, 3.63) is 0 Å². The Kier molecular flexibility index (Phi) is 3.44. The molecule has 0 aliphatic carbocycles. The van der Waals surface area contributed by atoms with E-state index in [0.29, 0.717) is 17.7 Å². The molecule has 0 aromatic carbocycles. The van der Waals surface area contributed by atoms with Crippen LogP contribution in [0.1, 0.15) is 26.2 Å². The number of likely N-dealkylation sites (tertiary alicyclic amines) is 1. The summed E-state index contributed by atoms with van der Waals surface area (Å²) in [6.07, 6.45) is -4.04. The van der Waals surface area contributed by atoms with Crippen LogP contribution in [0.2, 0.25) is 0 Å². The van der Waals surface area contributed by atoms with E-state index in [-0.39, 0.29) is 6.42 Å². The van der Waals surface area contributed by atoms with Crippen molar-refractivity contribution >= 4 is 11.9 Å². The SMILES string of the molecule is C[C@@H]1CCC[C@H](C(=O)O)N1C(=O)C(F)(F)F. The van der Waals surface area contributed by atoms with Gasteiger partial charge < -0.3 is 10.0 Å². The summed E-state index contributed by atoms with van der Waals surface area (Å²) in [6, 6.07) is -2.05. The first-order chi connectivity index (χ1) is 7.25. The van der Waals surface area contributed by atoms with Crippen LogP contribution in [-0.2, 0) is 9.59 Å². The Hall–Kier alpha value is -1.27. The highest BCUT2D eigenvalue weighted by molar-refractivity contribution is 5.87. The van der Waals surface area contributed by atoms with Gasteiger partial charge in [0.15, 0.2) is 0 Å². The number of carboxylic acid groups (broad SMARTS) is 1. The van der Waals surface area contributed by atoms with Crippen LogP contribution in [0.4, 0.5) is 13.2 Å². The van der Waals surface area contributed by atoms with E-state index in [0.717, 1.165) is 0 Å². The molecule has 1 fully saturated rings. The Morgan fingerprint density at radius 2 is 1.88 bits per heavy atom. The monoisotopic (exact) mass is 239 g/mol. The molecule has 7 heteroatoms. The fourth-order valence-electron chi connectivity index (χ4n) is 1.92. The molecule has 0 aromatic heterocycles. The van der Waals surface area contributed by atoms with Crippen molar-refractivity contribution in [2.24, 2.45) is 0 Å². The van der Waals surface area contributed by atoms with Crippen LogP contribution in [0.3, 0.4) is 0 Å². The van der Waals surface area contributed by atoms with E-state index in [4.69, 9.17) is 5.11 Å². The summed E-state index contributed by atoms with van der Waals surface area (Å²) in [5.74, 6) is -3.45. The van der Waals surface area contributed by atoms with E-state index in [2.05, 4.69) is 0 Å². The molecule has 0 aromatic rings. The van der Waals surface area contributed by atoms with Gasteiger partial charge in [-0.25, -0.2) is 4.79 Å². The van der Waals surface area contributed by atoms with Crippen LogP contribution in [0.15, 0.2) is 0 Å². The number of hydrogen-bond acceptors (Lipinski definition) is 2. The van der Waals surface area contributed by atoms with Gasteiger partial charge in [0, 0.05) is 6.04 Å². The predicted octanol–water partition coefficient (Wildman–Crippen LogP) is 1.40. The van der Waals surface area contributed by atoms with Crippen molar-refractivity contribution in [3.63, 3.8) is 0 Å². The third kappa shape index (κ3) is 2.45. The summed E-state index contributed by atoms with van der Waals surface area (Å²) >= 11 is 0. The van der Waals surface area contributed by atoms with E-state index in [1.54, 1.807) is 0 Å². The highest BCUT2D eigenvalue weighted by Gasteiger charge is 2.48. The summed E-state index contributed by atoms with van der Waals surface area (Å²) in [5, 5.41) is 8.78. The molecule has 1 aliphatic rings. The van der Waals surface area contributed by atoms with E-state index >= 15 is 0 Å². The fourth-order valence-corrected chi connectivity index (χ4v) is 1.92. The van der Waals surface area contributed by atoms with Gasteiger partial charge in [-0.2, -0.15) is 13.2 Å². The van der Waals surface area contributed by atoms with Crippen molar-refractivity contribution in [1.82, 2.24) is 4.90 Å². The second-order valence-corrected chi connectivity index (χ2v) is 3.84. The molecule has 1 amide bonds. The van der Waals surface area contributed by atoms with Crippen molar-refractivity contribution in [1.29, 1.82) is 0 Å². The average molecular weight is 239 g/mol. The Balaban J connectivity index is 2.95. The average Bonchev–Trinajstić information content (AvgIpc) is 2.14. The third-order valence-electron chi connectivity index (χ3n) is 2.67. The van der Waals surface area contributed by atoms with Crippen molar-refractivity contribution in [2.45, 2.75) is 44.4 Å². The minimum absolute atomic E-state index is 0.0709. The van der Waals surface area contributed by atoms with Crippen LogP contribution in [0.5, 0.6) is 0 Å². The number of piperidine rings is 1. The van der Waals surface area contributed by atoms with Gasteiger partial charge >= 0.3 is 18.1 Å². The Bertz CT molecular complexity index is 303. The van der Waals surface area contributed by atoms with Gasteiger partial charge in [-0.05, 0) is 26.2 Å². The van der Waals surface area contributed by atoms with Crippen LogP contribution in [0, 0.1) is 0 Å². The Labute approximate surface area is 90.0 Å². The van der Waals surface area contributed by atoms with Crippen molar-refractivity contribution < 1.29 is 27.9 Å². The molecule has 1 N–H and O–H groups in total. The molecule has 4 nitrogen and oxygen atoms in total. The summed E-state index contributed by atoms with van der Waals surface area (Å²) in [6.45, 7) is 1.43. The molecule has 0 bridgehead atoms. The van der Waals surface area contributed by atoms with Gasteiger partial charge in [0.05, 0.1) is 0 Å². The molecule has 2 atom stereocenters. The molecule has 1 heterocycles. The number of rotatable bonds is 1. The van der Waals surface area contributed by atoms with Crippen LogP contribution in [0.25, 0.3) is 0 Å². The Morgan fingerprint density at radius 1 is 1.31 bits per heavy atom. The predicted molar refractivity (Wildman–Crippen MR) is 47.6 cm³/mol. The van der Waals surface area contributed by atoms with Gasteiger partial charge in [-0.1, -0.05) is 0 Å². The highest BCUT2D eigenvalue weighted by atomic mass is 19.4. The van der Waals surface area contributed by atoms with Gasteiger partial charge in [0.25, 0.3) is 0 Å². The van der Waals surface area contributed by atoms with E-state index in [1.165, 1.54) is 6.92 Å². The maximum atomic E-state index is 12.3. The minimum atomic E-state index is -5.01. The zero-order valence-corrected chi connectivity index (χ0v) is 8.62. The number of aliphatic carboxylic acids is 1. The van der Waals surface area contributed by atoms with Crippen LogP contribution in [-0.4, -0.2) is 40.1 Å². The number of amides is 1. The largest absolute Gasteiger partial charge is 0.480 e. The van der Waals surface area contributed by atoms with E-state index in [1.807, 2.05) is 0 Å². The lowest BCUT2D eigenvalue weighted by Crippen LogP contribution is -2.56.